The summed E-state index contributed by atoms with van der Waals surface area (Å²) in [5.41, 5.74) is 1.78. The second kappa shape index (κ2) is 6.99. The summed E-state index contributed by atoms with van der Waals surface area (Å²) in [5, 5.41) is 10.9. The van der Waals surface area contributed by atoms with Gasteiger partial charge in [0.2, 0.25) is 0 Å². The summed E-state index contributed by atoms with van der Waals surface area (Å²) in [4.78, 5) is 27.3. The molecule has 0 aliphatic rings. The van der Waals surface area contributed by atoms with Gasteiger partial charge in [0, 0.05) is 40.2 Å². The van der Waals surface area contributed by atoms with Crippen LogP contribution in [0.15, 0.2) is 48.7 Å². The number of benzene rings is 2. The number of ketones is 1. The van der Waals surface area contributed by atoms with Crippen molar-refractivity contribution >= 4 is 34.3 Å². The number of carboxylic acid groups (broad SMARTS) is 1. The van der Waals surface area contributed by atoms with E-state index in [1.54, 1.807) is 55.8 Å². The highest BCUT2D eigenvalue weighted by molar-refractivity contribution is 6.30. The number of aromatic nitrogens is 1. The Morgan fingerprint density at radius 3 is 2.56 bits per heavy atom. The summed E-state index contributed by atoms with van der Waals surface area (Å²) < 4.78 is 5.17. The number of halogens is 1. The van der Waals surface area contributed by atoms with Crippen molar-refractivity contribution in [3.05, 3.63) is 64.8 Å². The van der Waals surface area contributed by atoms with Crippen molar-refractivity contribution in [2.45, 2.75) is 12.3 Å². The molecule has 0 spiro atoms. The molecule has 2 aromatic carbocycles. The number of carboxylic acids is 1. The summed E-state index contributed by atoms with van der Waals surface area (Å²) >= 11 is 5.82. The van der Waals surface area contributed by atoms with E-state index in [0.717, 1.165) is 10.9 Å². The number of methoxy groups -OCH3 is 1. The lowest BCUT2D eigenvalue weighted by Crippen LogP contribution is -2.16. The third-order valence-corrected chi connectivity index (χ3v) is 4.40. The van der Waals surface area contributed by atoms with Crippen molar-refractivity contribution in [3.8, 4) is 5.75 Å². The van der Waals surface area contributed by atoms with Gasteiger partial charge in [-0.05, 0) is 42.0 Å². The second-order valence-corrected chi connectivity index (χ2v) is 6.12. The number of ether oxygens (including phenoxy) is 1. The van der Waals surface area contributed by atoms with E-state index in [2.05, 4.69) is 4.98 Å². The van der Waals surface area contributed by atoms with Gasteiger partial charge in [0.05, 0.1) is 13.0 Å². The number of hydrogen-bond acceptors (Lipinski definition) is 3. The van der Waals surface area contributed by atoms with E-state index in [4.69, 9.17) is 16.3 Å². The van der Waals surface area contributed by atoms with Crippen LogP contribution in [-0.4, -0.2) is 29.0 Å². The monoisotopic (exact) mass is 357 g/mol. The van der Waals surface area contributed by atoms with Crippen LogP contribution < -0.4 is 4.74 Å². The third-order valence-electron chi connectivity index (χ3n) is 4.15. The highest BCUT2D eigenvalue weighted by atomic mass is 35.5. The summed E-state index contributed by atoms with van der Waals surface area (Å²) in [6.07, 6.45) is 1.51. The zero-order chi connectivity index (χ0) is 18.0. The van der Waals surface area contributed by atoms with Gasteiger partial charge in [-0.3, -0.25) is 9.59 Å². The van der Waals surface area contributed by atoms with Crippen molar-refractivity contribution < 1.29 is 19.4 Å². The molecule has 6 heteroatoms. The molecule has 1 aromatic heterocycles. The number of Topliss-reactive ketones (excluding diaryl/α,β-unsaturated/α-hetero) is 1. The molecule has 0 fully saturated rings. The molecule has 3 rings (SSSR count). The number of H-pyrrole nitrogens is 1. The van der Waals surface area contributed by atoms with Gasteiger partial charge in [-0.25, -0.2) is 0 Å². The van der Waals surface area contributed by atoms with Gasteiger partial charge in [0.1, 0.15) is 5.75 Å². The maximum absolute atomic E-state index is 12.5. The van der Waals surface area contributed by atoms with E-state index < -0.39 is 11.9 Å². The highest BCUT2D eigenvalue weighted by Gasteiger charge is 2.26. The first-order valence-electron chi connectivity index (χ1n) is 7.66. The SMILES string of the molecule is COc1ccc2c(C(CC(=O)c3ccc(Cl)cc3)C(=O)O)c[nH]c2c1. The Balaban J connectivity index is 1.92. The third kappa shape index (κ3) is 3.51. The van der Waals surface area contributed by atoms with Crippen LogP contribution in [0, 0.1) is 0 Å². The fourth-order valence-corrected chi connectivity index (χ4v) is 2.94. The number of hydrogen-bond donors (Lipinski definition) is 2. The van der Waals surface area contributed by atoms with Crippen LogP contribution in [0.2, 0.25) is 5.02 Å². The molecule has 3 aromatic rings. The van der Waals surface area contributed by atoms with E-state index >= 15 is 0 Å². The van der Waals surface area contributed by atoms with Crippen molar-refractivity contribution in [2.75, 3.05) is 7.11 Å². The molecule has 0 aliphatic carbocycles. The highest BCUT2D eigenvalue weighted by Crippen LogP contribution is 2.31. The maximum Gasteiger partial charge on any atom is 0.311 e. The molecule has 0 bridgehead atoms. The second-order valence-electron chi connectivity index (χ2n) is 5.68. The van der Waals surface area contributed by atoms with E-state index in [9.17, 15) is 14.7 Å². The lowest BCUT2D eigenvalue weighted by Gasteiger charge is -2.11. The lowest BCUT2D eigenvalue weighted by atomic mass is 9.91. The van der Waals surface area contributed by atoms with Crippen LogP contribution in [0.4, 0.5) is 0 Å². The molecular weight excluding hydrogens is 342 g/mol. The molecule has 0 aliphatic heterocycles. The van der Waals surface area contributed by atoms with Gasteiger partial charge in [-0.1, -0.05) is 11.6 Å². The Morgan fingerprint density at radius 1 is 1.20 bits per heavy atom. The minimum absolute atomic E-state index is 0.129. The minimum Gasteiger partial charge on any atom is -0.497 e. The van der Waals surface area contributed by atoms with Gasteiger partial charge >= 0.3 is 5.97 Å². The Labute approximate surface area is 149 Å². The molecule has 1 unspecified atom stereocenters. The van der Waals surface area contributed by atoms with Crippen molar-refractivity contribution in [2.24, 2.45) is 0 Å². The average Bonchev–Trinajstić information content (AvgIpc) is 3.02. The molecule has 0 amide bonds. The molecular formula is C19H16ClNO4. The molecule has 0 saturated heterocycles. The number of aromatic amines is 1. The van der Waals surface area contributed by atoms with Crippen LogP contribution in [-0.2, 0) is 4.79 Å². The average molecular weight is 358 g/mol. The minimum atomic E-state index is -1.04. The molecule has 128 valence electrons. The zero-order valence-electron chi connectivity index (χ0n) is 13.5. The summed E-state index contributed by atoms with van der Waals surface area (Å²) in [5.74, 6) is -1.55. The van der Waals surface area contributed by atoms with Crippen LogP contribution in [0.5, 0.6) is 5.75 Å². The number of rotatable bonds is 6. The van der Waals surface area contributed by atoms with E-state index in [1.165, 1.54) is 0 Å². The predicted octanol–water partition coefficient (Wildman–Crippen LogP) is 4.27. The lowest BCUT2D eigenvalue weighted by molar-refractivity contribution is -0.138. The van der Waals surface area contributed by atoms with Gasteiger partial charge in [0.25, 0.3) is 0 Å². The summed E-state index contributed by atoms with van der Waals surface area (Å²) in [7, 11) is 1.57. The number of fused-ring (bicyclic) bond motifs is 1. The predicted molar refractivity (Wildman–Crippen MR) is 95.6 cm³/mol. The maximum atomic E-state index is 12.5. The number of aliphatic carboxylic acids is 1. The van der Waals surface area contributed by atoms with Crippen LogP contribution in [0.3, 0.4) is 0 Å². The number of nitrogens with one attached hydrogen (secondary N) is 1. The van der Waals surface area contributed by atoms with Crippen LogP contribution in [0.1, 0.15) is 28.3 Å². The molecule has 1 atom stereocenters. The van der Waals surface area contributed by atoms with E-state index in [-0.39, 0.29) is 12.2 Å². The topological polar surface area (TPSA) is 79.4 Å². The smallest absolute Gasteiger partial charge is 0.311 e. The fraction of sp³-hybridized carbons (Fsp3) is 0.158. The number of carbonyl (C=O) groups excluding carboxylic acids is 1. The van der Waals surface area contributed by atoms with E-state index in [1.807, 2.05) is 0 Å². The Morgan fingerprint density at radius 2 is 1.92 bits per heavy atom. The Kier molecular flexibility index (Phi) is 4.76. The van der Waals surface area contributed by atoms with Crippen molar-refractivity contribution in [1.29, 1.82) is 0 Å². The molecule has 0 radical (unpaired) electrons. The molecule has 5 nitrogen and oxygen atoms in total. The fourth-order valence-electron chi connectivity index (χ4n) is 2.81. The Hall–Kier alpha value is -2.79. The van der Waals surface area contributed by atoms with Crippen LogP contribution >= 0.6 is 11.6 Å². The first kappa shape index (κ1) is 17.0. The normalized spacial score (nSPS) is 12.1. The standard InChI is InChI=1S/C19H16ClNO4/c1-25-13-6-7-14-16(10-21-17(14)8-13)15(19(23)24)9-18(22)11-2-4-12(20)5-3-11/h2-8,10,15,21H,9H2,1H3,(H,23,24). The Bertz CT molecular complexity index is 930. The molecule has 2 N–H and O–H groups in total. The van der Waals surface area contributed by atoms with Crippen molar-refractivity contribution in [3.63, 3.8) is 0 Å². The molecule has 0 saturated carbocycles. The summed E-state index contributed by atoms with van der Waals surface area (Å²) in [6.45, 7) is 0. The van der Waals surface area contributed by atoms with Gasteiger partial charge in [-0.2, -0.15) is 0 Å². The van der Waals surface area contributed by atoms with Gasteiger partial charge in [0.15, 0.2) is 5.78 Å². The largest absolute Gasteiger partial charge is 0.497 e. The first-order valence-corrected chi connectivity index (χ1v) is 8.04. The van der Waals surface area contributed by atoms with Gasteiger partial charge < -0.3 is 14.8 Å². The van der Waals surface area contributed by atoms with E-state index in [0.29, 0.717) is 21.9 Å². The zero-order valence-corrected chi connectivity index (χ0v) is 14.2. The van der Waals surface area contributed by atoms with Gasteiger partial charge in [-0.15, -0.1) is 0 Å². The van der Waals surface area contributed by atoms with Crippen molar-refractivity contribution in [1.82, 2.24) is 4.98 Å². The number of carbonyl (C=O) groups is 2. The first-order chi connectivity index (χ1) is 12.0. The summed E-state index contributed by atoms with van der Waals surface area (Å²) in [6, 6.07) is 11.8. The molecule has 1 heterocycles. The van der Waals surface area contributed by atoms with Crippen LogP contribution in [0.25, 0.3) is 10.9 Å². The quantitative estimate of drug-likeness (QED) is 0.645. The molecule has 25 heavy (non-hydrogen) atoms.